The molecule has 3 fully saturated rings. The molecule has 0 amide bonds. The average Bonchev–Trinajstić information content (AvgIpc) is 3.39. The Bertz CT molecular complexity index is 1650. The maximum atomic E-state index is 14.1. The van der Waals surface area contributed by atoms with Crippen LogP contribution in [0.3, 0.4) is 0 Å². The van der Waals surface area contributed by atoms with Crippen LogP contribution in [0.15, 0.2) is 49.1 Å². The summed E-state index contributed by atoms with van der Waals surface area (Å²) < 4.78 is 39.8. The number of aromatic nitrogens is 4. The minimum absolute atomic E-state index is 0.0141. The Morgan fingerprint density at radius 3 is 2.50 bits per heavy atom. The normalized spacial score (nSPS) is 19.2. The Kier molecular flexibility index (Phi) is 7.23. The Morgan fingerprint density at radius 2 is 1.88 bits per heavy atom. The van der Waals surface area contributed by atoms with Gasteiger partial charge in [-0.2, -0.15) is 5.10 Å². The third-order valence-electron chi connectivity index (χ3n) is 7.89. The van der Waals surface area contributed by atoms with Gasteiger partial charge in [-0.1, -0.05) is 0 Å². The summed E-state index contributed by atoms with van der Waals surface area (Å²) in [5.41, 5.74) is 2.26. The van der Waals surface area contributed by atoms with Gasteiger partial charge in [0.2, 0.25) is 5.88 Å². The van der Waals surface area contributed by atoms with Crippen molar-refractivity contribution < 1.29 is 23.5 Å². The van der Waals surface area contributed by atoms with Crippen molar-refractivity contribution >= 4 is 23.8 Å². The second-order valence-electron chi connectivity index (χ2n) is 12.2. The average molecular weight is 595 g/mol. The minimum atomic E-state index is -2.62. The monoisotopic (exact) mass is 594 g/mol. The number of piperazine rings is 1. The first-order chi connectivity index (χ1) is 19.9. The molecule has 12 heteroatoms. The van der Waals surface area contributed by atoms with Gasteiger partial charge in [-0.05, 0) is 63.4 Å². The topological polar surface area (TPSA) is 105 Å². The number of halogens is 1. The van der Waals surface area contributed by atoms with Crippen molar-refractivity contribution in [3.63, 3.8) is 0 Å². The first-order valence-electron chi connectivity index (χ1n) is 14.0. The first-order valence-corrected chi connectivity index (χ1v) is 16.6. The van der Waals surface area contributed by atoms with Crippen LogP contribution in [0.2, 0.25) is 0 Å². The van der Waals surface area contributed by atoms with Crippen molar-refractivity contribution in [1.29, 1.82) is 0 Å². The van der Waals surface area contributed by atoms with Gasteiger partial charge in [-0.3, -0.25) is 4.90 Å². The molecule has 42 heavy (non-hydrogen) atoms. The number of pyridine rings is 3. The molecule has 2 atom stereocenters. The molecule has 0 aliphatic carbocycles. The predicted octanol–water partition coefficient (Wildman–Crippen LogP) is 3.80. The van der Waals surface area contributed by atoms with Gasteiger partial charge in [0, 0.05) is 55.2 Å². The lowest BCUT2D eigenvalue weighted by atomic mass is 9.87. The van der Waals surface area contributed by atoms with E-state index in [1.54, 1.807) is 50.3 Å². The zero-order chi connectivity index (χ0) is 29.8. The molecule has 2 bridgehead atoms. The van der Waals surface area contributed by atoms with Crippen molar-refractivity contribution in [3.8, 4) is 22.8 Å². The number of fused-ring (bicyclic) bond motifs is 3. The molecule has 1 N–H and O–H groups in total. The van der Waals surface area contributed by atoms with Gasteiger partial charge in [0.1, 0.15) is 25.3 Å². The maximum Gasteiger partial charge on any atom is 0.250 e. The van der Waals surface area contributed by atoms with E-state index >= 15 is 0 Å². The molecular formula is C30H36FN6O4P. The van der Waals surface area contributed by atoms with Crippen LogP contribution in [0.25, 0.3) is 16.6 Å². The summed E-state index contributed by atoms with van der Waals surface area (Å²) in [7, 11) is -1.21. The summed E-state index contributed by atoms with van der Waals surface area (Å²) >= 11 is 0. The Hall–Kier alpha value is -3.53. The van der Waals surface area contributed by atoms with E-state index in [1.807, 2.05) is 24.4 Å². The molecule has 0 radical (unpaired) electrons. The molecule has 3 saturated heterocycles. The molecule has 7 heterocycles. The molecule has 4 aromatic rings. The minimum Gasteiger partial charge on any atom is -0.489 e. The maximum absolute atomic E-state index is 14.1. The summed E-state index contributed by atoms with van der Waals surface area (Å²) in [5, 5.41) is 15.3. The van der Waals surface area contributed by atoms with E-state index in [-0.39, 0.29) is 12.5 Å². The number of aliphatic hydroxyl groups is 1. The number of ether oxygens (including phenoxy) is 2. The van der Waals surface area contributed by atoms with Crippen molar-refractivity contribution in [3.05, 3.63) is 60.4 Å². The first kappa shape index (κ1) is 28.6. The van der Waals surface area contributed by atoms with Gasteiger partial charge in [0.15, 0.2) is 5.82 Å². The van der Waals surface area contributed by atoms with E-state index in [0.717, 1.165) is 47.5 Å². The Labute approximate surface area is 244 Å². The predicted molar refractivity (Wildman–Crippen MR) is 160 cm³/mol. The molecule has 0 aromatic carbocycles. The molecule has 4 aromatic heterocycles. The second-order valence-corrected chi connectivity index (χ2v) is 15.4. The highest BCUT2D eigenvalue weighted by molar-refractivity contribution is 7.70. The van der Waals surface area contributed by atoms with Crippen LogP contribution in [-0.4, -0.2) is 87.4 Å². The van der Waals surface area contributed by atoms with Crippen LogP contribution < -0.4 is 19.7 Å². The van der Waals surface area contributed by atoms with E-state index in [0.29, 0.717) is 29.7 Å². The third-order valence-corrected chi connectivity index (χ3v) is 9.38. The number of methoxy groups -OCH3 is 1. The van der Waals surface area contributed by atoms with Crippen molar-refractivity contribution in [2.45, 2.75) is 44.5 Å². The zero-order valence-corrected chi connectivity index (χ0v) is 25.4. The molecule has 3 aliphatic rings. The van der Waals surface area contributed by atoms with Crippen molar-refractivity contribution in [2.75, 3.05) is 45.0 Å². The molecule has 0 spiro atoms. The van der Waals surface area contributed by atoms with Crippen molar-refractivity contribution in [1.82, 2.24) is 24.5 Å². The van der Waals surface area contributed by atoms with Crippen LogP contribution in [0, 0.1) is 5.82 Å². The molecule has 7 rings (SSSR count). The second kappa shape index (κ2) is 10.6. The van der Waals surface area contributed by atoms with Crippen LogP contribution in [0.5, 0.6) is 11.6 Å². The number of anilines is 1. The Balaban J connectivity index is 1.22. The van der Waals surface area contributed by atoms with Gasteiger partial charge in [0.25, 0.3) is 0 Å². The van der Waals surface area contributed by atoms with E-state index in [1.165, 1.54) is 13.2 Å². The summed E-state index contributed by atoms with van der Waals surface area (Å²) in [5.74, 6) is 1.01. The third kappa shape index (κ3) is 5.61. The molecule has 0 saturated carbocycles. The molecule has 222 valence electrons. The van der Waals surface area contributed by atoms with Crippen LogP contribution in [-0.2, 0) is 11.1 Å². The number of piperidine rings is 1. The highest BCUT2D eigenvalue weighted by atomic mass is 31.2. The fraction of sp³-hybridized carbons (Fsp3) is 0.433. The van der Waals surface area contributed by atoms with Crippen LogP contribution in [0.1, 0.15) is 25.8 Å². The standard InChI is InChI=1S/C30H36FN6O4P/c1-30(2,38)18-41-23-10-24(28-26(42(4,5)39)13-34-37(28)17-23)20-6-7-27(32-12-20)35-15-21-9-22(16-35)36(21)14-19-8-25(31)29(40-3)33-11-19/h6-8,10-13,17,21-22,38H,9,14-16,18H2,1-5H3. The van der Waals surface area contributed by atoms with E-state index in [4.69, 9.17) is 14.5 Å². The summed E-state index contributed by atoms with van der Waals surface area (Å²) in [6, 6.07) is 8.15. The lowest BCUT2D eigenvalue weighted by molar-refractivity contribution is -0.00884. The summed E-state index contributed by atoms with van der Waals surface area (Å²) in [6.45, 7) is 9.28. The van der Waals surface area contributed by atoms with Crippen LogP contribution in [0.4, 0.5) is 10.2 Å². The van der Waals surface area contributed by atoms with E-state index in [2.05, 4.69) is 19.9 Å². The molecule has 2 unspecified atom stereocenters. The number of nitrogens with zero attached hydrogens (tertiary/aromatic N) is 6. The molecule has 10 nitrogen and oxygen atoms in total. The van der Waals surface area contributed by atoms with Gasteiger partial charge >= 0.3 is 0 Å². The van der Waals surface area contributed by atoms with Gasteiger partial charge in [0.05, 0.1) is 35.9 Å². The highest BCUT2D eigenvalue weighted by Crippen LogP contribution is 2.40. The quantitative estimate of drug-likeness (QED) is 0.290. The smallest absolute Gasteiger partial charge is 0.250 e. The zero-order valence-electron chi connectivity index (χ0n) is 24.5. The fourth-order valence-electron chi connectivity index (χ4n) is 5.81. The summed E-state index contributed by atoms with van der Waals surface area (Å²) in [6.07, 6.45) is 8.02. The number of hydrogen-bond donors (Lipinski definition) is 1. The number of rotatable bonds is 9. The molecular weight excluding hydrogens is 558 g/mol. The lowest BCUT2D eigenvalue weighted by Gasteiger charge is -2.56. The Morgan fingerprint density at radius 1 is 1.12 bits per heavy atom. The largest absolute Gasteiger partial charge is 0.489 e. The van der Waals surface area contributed by atoms with E-state index in [9.17, 15) is 14.1 Å². The summed E-state index contributed by atoms with van der Waals surface area (Å²) in [4.78, 5) is 13.6. The molecule has 3 aliphatic heterocycles. The van der Waals surface area contributed by atoms with Crippen molar-refractivity contribution in [2.24, 2.45) is 0 Å². The van der Waals surface area contributed by atoms with Gasteiger partial charge in [-0.15, -0.1) is 0 Å². The fourth-order valence-corrected chi connectivity index (χ4v) is 6.87. The highest BCUT2D eigenvalue weighted by Gasteiger charge is 2.44. The number of hydrogen-bond acceptors (Lipinski definition) is 9. The van der Waals surface area contributed by atoms with Gasteiger partial charge < -0.3 is 24.0 Å². The SMILES string of the molecule is COc1ncc(CN2C3CC2CN(c2ccc(-c4cc(OCC(C)(C)O)cn5ncc(P(C)(C)=O)c45)cn2)C3)cc1F. The van der Waals surface area contributed by atoms with Crippen LogP contribution >= 0.6 is 7.14 Å². The van der Waals surface area contributed by atoms with E-state index < -0.39 is 18.6 Å². The lowest BCUT2D eigenvalue weighted by Crippen LogP contribution is -2.68. The van der Waals surface area contributed by atoms with Gasteiger partial charge in [-0.25, -0.2) is 18.9 Å².